The molecule has 1 nitrogen and oxygen atoms in total. The van der Waals surface area contributed by atoms with E-state index in [1.807, 2.05) is 30.6 Å². The third-order valence-corrected chi connectivity index (χ3v) is 6.63. The Morgan fingerprint density at radius 1 is 1.24 bits per heavy atom. The SMILES string of the molecule is CNC(C)c1cccc(SCC2Cc3ccccc3S2)c1. The van der Waals surface area contributed by atoms with Crippen LogP contribution in [0.4, 0.5) is 0 Å². The smallest absolute Gasteiger partial charge is 0.0289 e. The quantitative estimate of drug-likeness (QED) is 0.798. The molecule has 1 heterocycles. The van der Waals surface area contributed by atoms with Gasteiger partial charge in [0, 0.05) is 26.8 Å². The molecule has 2 atom stereocenters. The van der Waals surface area contributed by atoms with E-state index in [-0.39, 0.29) is 0 Å². The van der Waals surface area contributed by atoms with Crippen molar-refractivity contribution in [2.75, 3.05) is 12.8 Å². The molecule has 0 bridgehead atoms. The molecule has 2 aromatic carbocycles. The first-order valence-corrected chi connectivity index (χ1v) is 9.27. The average molecular weight is 316 g/mol. The maximum Gasteiger partial charge on any atom is 0.0289 e. The first kappa shape index (κ1) is 15.0. The predicted octanol–water partition coefficient (Wildman–Crippen LogP) is 4.78. The number of hydrogen-bond donors (Lipinski definition) is 1. The van der Waals surface area contributed by atoms with E-state index in [0.717, 1.165) is 0 Å². The van der Waals surface area contributed by atoms with Gasteiger partial charge in [0.05, 0.1) is 0 Å². The van der Waals surface area contributed by atoms with Crippen molar-refractivity contribution >= 4 is 23.5 Å². The lowest BCUT2D eigenvalue weighted by Crippen LogP contribution is -2.12. The second-order valence-corrected chi connectivity index (χ2v) is 7.88. The monoisotopic (exact) mass is 315 g/mol. The van der Waals surface area contributed by atoms with Crippen LogP contribution in [0.5, 0.6) is 0 Å². The van der Waals surface area contributed by atoms with Crippen LogP contribution in [-0.4, -0.2) is 18.1 Å². The zero-order chi connectivity index (χ0) is 14.7. The Balaban J connectivity index is 1.59. The van der Waals surface area contributed by atoms with Gasteiger partial charge in [0.25, 0.3) is 0 Å². The van der Waals surface area contributed by atoms with Gasteiger partial charge >= 0.3 is 0 Å². The standard InChI is InChI=1S/C18H21NS2/c1-13(19-2)14-7-5-8-16(10-14)20-12-17-11-15-6-3-4-9-18(15)21-17/h3-10,13,17,19H,11-12H2,1-2H3. The van der Waals surface area contributed by atoms with Crippen molar-refractivity contribution in [1.82, 2.24) is 5.32 Å². The lowest BCUT2D eigenvalue weighted by Gasteiger charge is -2.13. The van der Waals surface area contributed by atoms with E-state index >= 15 is 0 Å². The Labute approximate surface area is 135 Å². The van der Waals surface area contributed by atoms with Gasteiger partial charge in [-0.15, -0.1) is 23.5 Å². The van der Waals surface area contributed by atoms with Gasteiger partial charge in [-0.3, -0.25) is 0 Å². The van der Waals surface area contributed by atoms with Gasteiger partial charge in [-0.25, -0.2) is 0 Å². The van der Waals surface area contributed by atoms with Crippen LogP contribution in [-0.2, 0) is 6.42 Å². The van der Waals surface area contributed by atoms with Gasteiger partial charge < -0.3 is 5.32 Å². The molecule has 0 radical (unpaired) electrons. The summed E-state index contributed by atoms with van der Waals surface area (Å²) in [6, 6.07) is 18.1. The second-order valence-electron chi connectivity index (χ2n) is 5.45. The van der Waals surface area contributed by atoms with Gasteiger partial charge in [-0.1, -0.05) is 30.3 Å². The summed E-state index contributed by atoms with van der Waals surface area (Å²) in [6.07, 6.45) is 1.21. The van der Waals surface area contributed by atoms with Crippen molar-refractivity contribution in [3.05, 3.63) is 59.7 Å². The van der Waals surface area contributed by atoms with Gasteiger partial charge in [0.2, 0.25) is 0 Å². The van der Waals surface area contributed by atoms with Gasteiger partial charge in [0.15, 0.2) is 0 Å². The molecule has 0 spiro atoms. The Kier molecular flexibility index (Phi) is 4.94. The van der Waals surface area contributed by atoms with E-state index in [1.54, 1.807) is 0 Å². The molecule has 0 amide bonds. The molecule has 3 rings (SSSR count). The zero-order valence-corrected chi connectivity index (χ0v) is 14.1. The fraction of sp³-hybridized carbons (Fsp3) is 0.333. The first-order valence-electron chi connectivity index (χ1n) is 7.41. The van der Waals surface area contributed by atoms with Crippen LogP contribution in [0.25, 0.3) is 0 Å². The molecule has 1 aliphatic heterocycles. The van der Waals surface area contributed by atoms with Crippen molar-refractivity contribution in [1.29, 1.82) is 0 Å². The molecule has 2 aromatic rings. The molecule has 3 heteroatoms. The summed E-state index contributed by atoms with van der Waals surface area (Å²) in [7, 11) is 2.01. The summed E-state index contributed by atoms with van der Waals surface area (Å²) < 4.78 is 0. The largest absolute Gasteiger partial charge is 0.313 e. The molecule has 1 aliphatic rings. The third kappa shape index (κ3) is 3.65. The van der Waals surface area contributed by atoms with E-state index in [0.29, 0.717) is 11.3 Å². The zero-order valence-electron chi connectivity index (χ0n) is 12.5. The van der Waals surface area contributed by atoms with Crippen molar-refractivity contribution in [3.63, 3.8) is 0 Å². The molecule has 110 valence electrons. The third-order valence-electron chi connectivity index (χ3n) is 3.94. The molecular weight excluding hydrogens is 294 g/mol. The summed E-state index contributed by atoms with van der Waals surface area (Å²) in [6.45, 7) is 2.20. The topological polar surface area (TPSA) is 12.0 Å². The van der Waals surface area contributed by atoms with E-state index in [2.05, 4.69) is 60.8 Å². The van der Waals surface area contributed by atoms with Gasteiger partial charge in [-0.05, 0) is 49.7 Å². The first-order chi connectivity index (χ1) is 10.3. The highest BCUT2D eigenvalue weighted by Gasteiger charge is 2.21. The number of fused-ring (bicyclic) bond motifs is 1. The summed E-state index contributed by atoms with van der Waals surface area (Å²) >= 11 is 4.02. The molecule has 1 N–H and O–H groups in total. The Bertz CT molecular complexity index is 587. The highest BCUT2D eigenvalue weighted by molar-refractivity contribution is 8.03. The maximum absolute atomic E-state index is 3.30. The number of nitrogens with one attached hydrogen (secondary N) is 1. The summed E-state index contributed by atoms with van der Waals surface area (Å²) in [5.41, 5.74) is 2.88. The van der Waals surface area contributed by atoms with Crippen molar-refractivity contribution < 1.29 is 0 Å². The number of thioether (sulfide) groups is 2. The van der Waals surface area contributed by atoms with Crippen LogP contribution in [0.3, 0.4) is 0 Å². The van der Waals surface area contributed by atoms with Crippen LogP contribution in [0, 0.1) is 0 Å². The van der Waals surface area contributed by atoms with E-state index in [9.17, 15) is 0 Å². The van der Waals surface area contributed by atoms with Crippen molar-refractivity contribution in [2.45, 2.75) is 34.4 Å². The van der Waals surface area contributed by atoms with Crippen LogP contribution in [0.15, 0.2) is 58.3 Å². The molecule has 0 aromatic heterocycles. The van der Waals surface area contributed by atoms with E-state index < -0.39 is 0 Å². The van der Waals surface area contributed by atoms with Gasteiger partial charge in [0.1, 0.15) is 0 Å². The minimum atomic E-state index is 0.413. The maximum atomic E-state index is 3.30. The number of benzene rings is 2. The van der Waals surface area contributed by atoms with Crippen LogP contribution < -0.4 is 5.32 Å². The number of hydrogen-bond acceptors (Lipinski definition) is 3. The Morgan fingerprint density at radius 3 is 2.90 bits per heavy atom. The average Bonchev–Trinajstić information content (AvgIpc) is 2.95. The summed E-state index contributed by atoms with van der Waals surface area (Å²) in [5, 5.41) is 4.01. The fourth-order valence-corrected chi connectivity index (χ4v) is 5.02. The number of rotatable bonds is 5. The molecule has 0 fully saturated rings. The Morgan fingerprint density at radius 2 is 2.10 bits per heavy atom. The van der Waals surface area contributed by atoms with Crippen molar-refractivity contribution in [2.24, 2.45) is 0 Å². The molecule has 0 aliphatic carbocycles. The lowest BCUT2D eigenvalue weighted by molar-refractivity contribution is 0.651. The normalized spacial score (nSPS) is 18.5. The minimum Gasteiger partial charge on any atom is -0.313 e. The van der Waals surface area contributed by atoms with Crippen LogP contribution in [0.1, 0.15) is 24.1 Å². The summed E-state index contributed by atoms with van der Waals surface area (Å²) in [4.78, 5) is 2.85. The fourth-order valence-electron chi connectivity index (χ4n) is 2.58. The molecule has 0 saturated heterocycles. The highest BCUT2D eigenvalue weighted by atomic mass is 32.2. The van der Waals surface area contributed by atoms with Crippen LogP contribution in [0.2, 0.25) is 0 Å². The molecule has 21 heavy (non-hydrogen) atoms. The highest BCUT2D eigenvalue weighted by Crippen LogP contribution is 2.39. The lowest BCUT2D eigenvalue weighted by atomic mass is 10.1. The minimum absolute atomic E-state index is 0.413. The van der Waals surface area contributed by atoms with Gasteiger partial charge in [-0.2, -0.15) is 0 Å². The molecule has 2 unspecified atom stereocenters. The predicted molar refractivity (Wildman–Crippen MR) is 94.4 cm³/mol. The van der Waals surface area contributed by atoms with E-state index in [4.69, 9.17) is 0 Å². The summed E-state index contributed by atoms with van der Waals surface area (Å²) in [5.74, 6) is 1.18. The second kappa shape index (κ2) is 6.91. The molecule has 0 saturated carbocycles. The Hall–Kier alpha value is -0.900. The van der Waals surface area contributed by atoms with E-state index in [1.165, 1.54) is 33.1 Å². The molecular formula is C18H21NS2. The van der Waals surface area contributed by atoms with Crippen LogP contribution >= 0.6 is 23.5 Å². The van der Waals surface area contributed by atoms with Crippen molar-refractivity contribution in [3.8, 4) is 0 Å².